The third kappa shape index (κ3) is 2.46. The van der Waals surface area contributed by atoms with Gasteiger partial charge in [0.25, 0.3) is 5.91 Å². The molecule has 1 amide bonds. The number of aryl methyl sites for hydroxylation is 2. The maximum atomic E-state index is 13.0. The molecule has 4 rings (SSSR count). The second kappa shape index (κ2) is 5.22. The Morgan fingerprint density at radius 3 is 2.74 bits per heavy atom. The first-order valence-corrected chi connectivity index (χ1v) is 8.39. The van der Waals surface area contributed by atoms with Crippen molar-refractivity contribution in [3.8, 4) is 0 Å². The molecule has 0 saturated heterocycles. The highest BCUT2D eigenvalue weighted by atomic mass is 16.2. The maximum Gasteiger partial charge on any atom is 0.256 e. The molecule has 0 spiro atoms. The number of fused-ring (bicyclic) bond motifs is 1. The fourth-order valence-corrected chi connectivity index (χ4v) is 3.50. The van der Waals surface area contributed by atoms with Crippen LogP contribution in [-0.4, -0.2) is 36.7 Å². The Bertz CT molecular complexity index is 768. The van der Waals surface area contributed by atoms with Crippen LogP contribution in [0.4, 0.5) is 0 Å². The molecule has 6 heteroatoms. The minimum Gasteiger partial charge on any atom is -0.348 e. The molecule has 0 unspecified atom stereocenters. The van der Waals surface area contributed by atoms with Gasteiger partial charge in [-0.15, -0.1) is 10.2 Å². The summed E-state index contributed by atoms with van der Waals surface area (Å²) in [6, 6.07) is 2.05. The van der Waals surface area contributed by atoms with E-state index in [-0.39, 0.29) is 5.91 Å². The van der Waals surface area contributed by atoms with Gasteiger partial charge in [0.1, 0.15) is 5.82 Å². The lowest BCUT2D eigenvalue weighted by atomic mass is 10.2. The summed E-state index contributed by atoms with van der Waals surface area (Å²) in [5.41, 5.74) is 3.13. The van der Waals surface area contributed by atoms with Gasteiger partial charge in [0.05, 0.1) is 12.1 Å². The van der Waals surface area contributed by atoms with E-state index in [4.69, 9.17) is 0 Å². The summed E-state index contributed by atoms with van der Waals surface area (Å²) in [7, 11) is 0. The number of hydrogen-bond acceptors (Lipinski definition) is 3. The second-order valence-electron chi connectivity index (χ2n) is 6.88. The van der Waals surface area contributed by atoms with Crippen LogP contribution in [0.5, 0.6) is 0 Å². The lowest BCUT2D eigenvalue weighted by Gasteiger charge is -2.27. The van der Waals surface area contributed by atoms with Gasteiger partial charge in [0.15, 0.2) is 5.82 Å². The molecule has 2 aromatic heterocycles. The molecule has 1 fully saturated rings. The maximum absolute atomic E-state index is 13.0. The van der Waals surface area contributed by atoms with Crippen molar-refractivity contribution >= 4 is 5.91 Å². The van der Waals surface area contributed by atoms with E-state index in [0.717, 1.165) is 48.5 Å². The zero-order valence-electron chi connectivity index (χ0n) is 14.0. The molecule has 0 N–H and O–H groups in total. The number of nitrogens with zero attached hydrogens (tertiary/aromatic N) is 5. The summed E-state index contributed by atoms with van der Waals surface area (Å²) in [5, 5.41) is 8.30. The van der Waals surface area contributed by atoms with E-state index < -0.39 is 0 Å². The van der Waals surface area contributed by atoms with Gasteiger partial charge in [-0.3, -0.25) is 4.79 Å². The van der Waals surface area contributed by atoms with Crippen LogP contribution in [0.1, 0.15) is 46.2 Å². The van der Waals surface area contributed by atoms with Crippen molar-refractivity contribution in [3.05, 3.63) is 34.7 Å². The van der Waals surface area contributed by atoms with Crippen molar-refractivity contribution in [3.63, 3.8) is 0 Å². The van der Waals surface area contributed by atoms with Gasteiger partial charge in [-0.2, -0.15) is 0 Å². The molecule has 0 radical (unpaired) electrons. The topological polar surface area (TPSA) is 56.0 Å². The smallest absolute Gasteiger partial charge is 0.256 e. The normalized spacial score (nSPS) is 17.4. The van der Waals surface area contributed by atoms with E-state index in [1.165, 1.54) is 18.5 Å². The van der Waals surface area contributed by atoms with E-state index >= 15 is 0 Å². The molecule has 6 nitrogen and oxygen atoms in total. The monoisotopic (exact) mass is 313 g/mol. The largest absolute Gasteiger partial charge is 0.348 e. The van der Waals surface area contributed by atoms with Crippen LogP contribution in [0.3, 0.4) is 0 Å². The third-order valence-corrected chi connectivity index (χ3v) is 5.17. The Morgan fingerprint density at radius 1 is 1.22 bits per heavy atom. The molecule has 1 aliphatic heterocycles. The van der Waals surface area contributed by atoms with Crippen LogP contribution in [0.2, 0.25) is 0 Å². The van der Waals surface area contributed by atoms with Crippen molar-refractivity contribution in [1.82, 2.24) is 24.2 Å². The Labute approximate surface area is 136 Å². The van der Waals surface area contributed by atoms with Crippen molar-refractivity contribution < 1.29 is 4.79 Å². The summed E-state index contributed by atoms with van der Waals surface area (Å²) in [4.78, 5) is 14.9. The Kier molecular flexibility index (Phi) is 3.28. The van der Waals surface area contributed by atoms with E-state index in [1.54, 1.807) is 0 Å². The van der Waals surface area contributed by atoms with Gasteiger partial charge in [0, 0.05) is 31.0 Å². The SMILES string of the molecule is Cc1cc(C(=O)N2CCn3c(C)nnc3C2)c(C)n1CC1CC1. The van der Waals surface area contributed by atoms with E-state index in [1.807, 2.05) is 17.9 Å². The average Bonchev–Trinajstić information content (AvgIpc) is 3.24. The lowest BCUT2D eigenvalue weighted by Crippen LogP contribution is -2.38. The summed E-state index contributed by atoms with van der Waals surface area (Å²) >= 11 is 0. The Hall–Kier alpha value is -2.11. The van der Waals surface area contributed by atoms with Crippen LogP contribution in [0, 0.1) is 26.7 Å². The van der Waals surface area contributed by atoms with Crippen LogP contribution >= 0.6 is 0 Å². The molecule has 23 heavy (non-hydrogen) atoms. The molecule has 0 atom stereocenters. The third-order valence-electron chi connectivity index (χ3n) is 5.17. The Balaban J connectivity index is 1.57. The standard InChI is InChI=1S/C17H23N5O/c1-11-8-15(12(2)22(11)9-14-4-5-14)17(23)20-6-7-21-13(3)18-19-16(21)10-20/h8,14H,4-7,9-10H2,1-3H3. The van der Waals surface area contributed by atoms with Gasteiger partial charge >= 0.3 is 0 Å². The van der Waals surface area contributed by atoms with Crippen LogP contribution in [0.15, 0.2) is 6.07 Å². The number of rotatable bonds is 3. The Morgan fingerprint density at radius 2 is 2.00 bits per heavy atom. The number of carbonyl (C=O) groups excluding carboxylic acids is 1. The highest BCUT2D eigenvalue weighted by molar-refractivity contribution is 5.95. The molecule has 1 aliphatic carbocycles. The minimum atomic E-state index is 0.118. The summed E-state index contributed by atoms with van der Waals surface area (Å²) < 4.78 is 4.40. The van der Waals surface area contributed by atoms with E-state index in [9.17, 15) is 4.79 Å². The van der Waals surface area contributed by atoms with Gasteiger partial charge in [-0.05, 0) is 45.6 Å². The highest BCUT2D eigenvalue weighted by Crippen LogP contribution is 2.32. The molecule has 2 aromatic rings. The van der Waals surface area contributed by atoms with Gasteiger partial charge in [-0.1, -0.05) is 0 Å². The van der Waals surface area contributed by atoms with Crippen molar-refractivity contribution in [2.45, 2.75) is 53.2 Å². The zero-order valence-corrected chi connectivity index (χ0v) is 14.0. The summed E-state index contributed by atoms with van der Waals surface area (Å²) in [5.74, 6) is 2.73. The van der Waals surface area contributed by atoms with Crippen molar-refractivity contribution in [2.75, 3.05) is 6.54 Å². The fourth-order valence-electron chi connectivity index (χ4n) is 3.50. The predicted octanol–water partition coefficient (Wildman–Crippen LogP) is 2.07. The fraction of sp³-hybridized carbons (Fsp3) is 0.588. The summed E-state index contributed by atoms with van der Waals surface area (Å²) in [6.07, 6.45) is 2.64. The van der Waals surface area contributed by atoms with Crippen LogP contribution in [-0.2, 0) is 19.6 Å². The second-order valence-corrected chi connectivity index (χ2v) is 6.88. The molecule has 0 aromatic carbocycles. The number of carbonyl (C=O) groups is 1. The predicted molar refractivity (Wildman–Crippen MR) is 86.1 cm³/mol. The average molecular weight is 313 g/mol. The zero-order chi connectivity index (χ0) is 16.1. The number of amides is 1. The number of hydrogen-bond donors (Lipinski definition) is 0. The molecule has 3 heterocycles. The van der Waals surface area contributed by atoms with Crippen LogP contribution in [0.25, 0.3) is 0 Å². The molecule has 122 valence electrons. The molecule has 2 aliphatic rings. The molecular weight excluding hydrogens is 290 g/mol. The minimum absolute atomic E-state index is 0.118. The summed E-state index contributed by atoms with van der Waals surface area (Å²) in [6.45, 7) is 9.23. The lowest BCUT2D eigenvalue weighted by molar-refractivity contribution is 0.0706. The van der Waals surface area contributed by atoms with Crippen molar-refractivity contribution in [2.24, 2.45) is 5.92 Å². The highest BCUT2D eigenvalue weighted by Gasteiger charge is 2.28. The van der Waals surface area contributed by atoms with E-state index in [0.29, 0.717) is 6.54 Å². The van der Waals surface area contributed by atoms with E-state index in [2.05, 4.69) is 33.2 Å². The quantitative estimate of drug-likeness (QED) is 0.871. The van der Waals surface area contributed by atoms with Crippen molar-refractivity contribution in [1.29, 1.82) is 0 Å². The molecule has 0 bridgehead atoms. The first-order chi connectivity index (χ1) is 11.0. The first-order valence-electron chi connectivity index (χ1n) is 8.39. The molecule has 1 saturated carbocycles. The van der Waals surface area contributed by atoms with Gasteiger partial charge < -0.3 is 14.0 Å². The molecular formula is C17H23N5O. The van der Waals surface area contributed by atoms with Gasteiger partial charge in [0.2, 0.25) is 0 Å². The number of aromatic nitrogens is 4. The van der Waals surface area contributed by atoms with Crippen LogP contribution < -0.4 is 0 Å². The van der Waals surface area contributed by atoms with Gasteiger partial charge in [-0.25, -0.2) is 0 Å². The first kappa shape index (κ1) is 14.5.